The normalized spacial score (nSPS) is 37.9. The Bertz CT molecular complexity index is 998. The van der Waals surface area contributed by atoms with Gasteiger partial charge in [-0.1, -0.05) is 39.8 Å². The van der Waals surface area contributed by atoms with Crippen LogP contribution in [0.15, 0.2) is 23.1 Å². The lowest BCUT2D eigenvalue weighted by Crippen LogP contribution is -2.45. The average molecular weight is 506 g/mol. The molecule has 1 aromatic rings. The molecule has 0 bridgehead atoms. The molecule has 35 heavy (non-hydrogen) atoms. The molecule has 1 saturated heterocycles. The van der Waals surface area contributed by atoms with E-state index in [1.54, 1.807) is 32.1 Å². The standard InChI is InChI=1S/C27H39NO6S/c1-15-9-8-10-27(7)22(34-27)12-20(16(2)11-19-14-35-18(4)28-19)33-23(30)13-21(29)26(5,6)25(32)17(3)24(15)31/h8-9,11,14-15,17,20-22,24,29,31H,10,12-13H2,1-7H3/b9-8+,16-11+/t15?,17-,20?,21+,22?,24+,27+/m1/s1. The second-order valence-electron chi connectivity index (χ2n) is 10.9. The Kier molecular flexibility index (Phi) is 8.41. The summed E-state index contributed by atoms with van der Waals surface area (Å²) in [5, 5.41) is 24.5. The number of aryl methyl sites for hydroxylation is 1. The van der Waals surface area contributed by atoms with Gasteiger partial charge in [-0.05, 0) is 38.8 Å². The quantitative estimate of drug-likeness (QED) is 0.351. The first kappa shape index (κ1) is 27.7. The van der Waals surface area contributed by atoms with E-state index >= 15 is 0 Å². The van der Waals surface area contributed by atoms with Crippen LogP contribution in [0.25, 0.3) is 6.08 Å². The number of aliphatic hydroxyl groups is 2. The molecule has 0 aliphatic carbocycles. The third-order valence-electron chi connectivity index (χ3n) is 7.51. The largest absolute Gasteiger partial charge is 0.458 e. The summed E-state index contributed by atoms with van der Waals surface area (Å²) < 4.78 is 11.9. The number of esters is 1. The number of cyclic esters (lactones) is 1. The third kappa shape index (κ3) is 6.47. The van der Waals surface area contributed by atoms with Crippen molar-refractivity contribution in [3.05, 3.63) is 33.8 Å². The van der Waals surface area contributed by atoms with Crippen LogP contribution >= 0.6 is 11.3 Å². The minimum atomic E-state index is -1.25. The van der Waals surface area contributed by atoms with Crippen molar-refractivity contribution >= 4 is 29.2 Å². The number of nitrogens with zero attached hydrogens (tertiary/aromatic N) is 1. The molecule has 3 unspecified atom stereocenters. The summed E-state index contributed by atoms with van der Waals surface area (Å²) >= 11 is 1.55. The van der Waals surface area contributed by atoms with Crippen LogP contribution in [-0.2, 0) is 19.1 Å². The number of thiazole rings is 1. The van der Waals surface area contributed by atoms with Crippen molar-refractivity contribution in [1.29, 1.82) is 0 Å². The van der Waals surface area contributed by atoms with Gasteiger partial charge < -0.3 is 19.7 Å². The van der Waals surface area contributed by atoms with Gasteiger partial charge in [-0.2, -0.15) is 0 Å². The van der Waals surface area contributed by atoms with E-state index in [2.05, 4.69) is 4.98 Å². The topological polar surface area (TPSA) is 109 Å². The van der Waals surface area contributed by atoms with Crippen LogP contribution in [0.3, 0.4) is 0 Å². The number of hydrogen-bond acceptors (Lipinski definition) is 8. The highest BCUT2D eigenvalue weighted by atomic mass is 32.1. The molecule has 3 rings (SSSR count). The lowest BCUT2D eigenvalue weighted by Gasteiger charge is -2.34. The van der Waals surface area contributed by atoms with Crippen LogP contribution in [0.5, 0.6) is 0 Å². The molecule has 1 fully saturated rings. The summed E-state index contributed by atoms with van der Waals surface area (Å²) in [6.45, 7) is 12.6. The summed E-state index contributed by atoms with van der Waals surface area (Å²) in [5.41, 5.74) is 0.0391. The number of ketones is 1. The summed E-state index contributed by atoms with van der Waals surface area (Å²) in [5.74, 6) is -1.83. The molecule has 3 heterocycles. The SMILES string of the molecule is C/C(=C\c1csc(C)n1)C1CC2O[C@@]2(C)C/C=C/C(C)[C@H](O)[C@@H](C)C(=O)C(C)(C)[C@@H](O)CC(=O)O1. The van der Waals surface area contributed by atoms with E-state index in [0.717, 1.165) is 16.3 Å². The predicted octanol–water partition coefficient (Wildman–Crippen LogP) is 4.25. The van der Waals surface area contributed by atoms with Gasteiger partial charge in [0.15, 0.2) is 0 Å². The summed E-state index contributed by atoms with van der Waals surface area (Å²) in [7, 11) is 0. The number of fused-ring (bicyclic) bond motifs is 1. The second-order valence-corrected chi connectivity index (χ2v) is 12.0. The smallest absolute Gasteiger partial charge is 0.309 e. The van der Waals surface area contributed by atoms with Crippen LogP contribution in [0, 0.1) is 24.2 Å². The van der Waals surface area contributed by atoms with Crippen LogP contribution in [0.1, 0.15) is 71.5 Å². The van der Waals surface area contributed by atoms with Gasteiger partial charge in [0.25, 0.3) is 0 Å². The van der Waals surface area contributed by atoms with Crippen molar-refractivity contribution in [2.24, 2.45) is 17.3 Å². The number of aromatic nitrogens is 1. The van der Waals surface area contributed by atoms with Crippen LogP contribution < -0.4 is 0 Å². The fourth-order valence-electron chi connectivity index (χ4n) is 4.67. The van der Waals surface area contributed by atoms with Crippen LogP contribution in [0.4, 0.5) is 0 Å². The number of Topliss-reactive ketones (excluding diaryl/α,β-unsaturated/α-hetero) is 1. The minimum Gasteiger partial charge on any atom is -0.458 e. The highest BCUT2D eigenvalue weighted by Crippen LogP contribution is 2.44. The first-order valence-electron chi connectivity index (χ1n) is 12.3. The van der Waals surface area contributed by atoms with Crippen molar-refractivity contribution in [2.45, 2.75) is 97.7 Å². The summed E-state index contributed by atoms with van der Waals surface area (Å²) in [6.07, 6.45) is 3.84. The maximum atomic E-state index is 13.2. The number of aliphatic hydroxyl groups excluding tert-OH is 2. The molecule has 1 aromatic heterocycles. The van der Waals surface area contributed by atoms with E-state index in [1.807, 2.05) is 51.3 Å². The van der Waals surface area contributed by atoms with Crippen molar-refractivity contribution in [3.8, 4) is 0 Å². The lowest BCUT2D eigenvalue weighted by molar-refractivity contribution is -0.154. The molecule has 0 saturated carbocycles. The molecule has 7 atom stereocenters. The average Bonchev–Trinajstić information content (AvgIpc) is 3.22. The predicted molar refractivity (Wildman–Crippen MR) is 136 cm³/mol. The van der Waals surface area contributed by atoms with E-state index in [9.17, 15) is 19.8 Å². The van der Waals surface area contributed by atoms with Gasteiger partial charge in [-0.3, -0.25) is 9.59 Å². The van der Waals surface area contributed by atoms with Gasteiger partial charge >= 0.3 is 5.97 Å². The number of ether oxygens (including phenoxy) is 2. The van der Waals surface area contributed by atoms with Gasteiger partial charge in [0.05, 0.1) is 46.5 Å². The Morgan fingerprint density at radius 2 is 1.91 bits per heavy atom. The number of epoxide rings is 1. The zero-order valence-corrected chi connectivity index (χ0v) is 22.6. The molecule has 0 amide bonds. The van der Waals surface area contributed by atoms with Crippen molar-refractivity contribution in [1.82, 2.24) is 4.98 Å². The van der Waals surface area contributed by atoms with E-state index < -0.39 is 35.6 Å². The number of carbonyl (C=O) groups is 2. The number of rotatable bonds is 2. The molecule has 194 valence electrons. The zero-order valence-electron chi connectivity index (χ0n) is 21.8. The fraction of sp³-hybridized carbons (Fsp3) is 0.667. The zero-order chi connectivity index (χ0) is 26.1. The molecular weight excluding hydrogens is 466 g/mol. The molecule has 0 radical (unpaired) electrons. The first-order valence-corrected chi connectivity index (χ1v) is 13.2. The Morgan fingerprint density at radius 1 is 1.23 bits per heavy atom. The van der Waals surface area contributed by atoms with Gasteiger partial charge in [0.1, 0.15) is 11.9 Å². The maximum Gasteiger partial charge on any atom is 0.309 e. The van der Waals surface area contributed by atoms with Crippen molar-refractivity contribution in [2.75, 3.05) is 0 Å². The number of carbonyl (C=O) groups excluding carboxylic acids is 2. The third-order valence-corrected chi connectivity index (χ3v) is 8.30. The van der Waals surface area contributed by atoms with E-state index in [1.165, 1.54) is 0 Å². The van der Waals surface area contributed by atoms with E-state index in [-0.39, 0.29) is 29.8 Å². The Hall–Kier alpha value is -1.87. The van der Waals surface area contributed by atoms with E-state index in [0.29, 0.717) is 12.8 Å². The summed E-state index contributed by atoms with van der Waals surface area (Å²) in [6, 6.07) is 0. The molecule has 2 N–H and O–H groups in total. The van der Waals surface area contributed by atoms with Crippen LogP contribution in [0.2, 0.25) is 0 Å². The van der Waals surface area contributed by atoms with Crippen molar-refractivity contribution < 1.29 is 29.3 Å². The maximum absolute atomic E-state index is 13.2. The minimum absolute atomic E-state index is 0.0968. The first-order chi connectivity index (χ1) is 16.2. The Labute approximate surface area is 212 Å². The molecule has 7 nitrogen and oxygen atoms in total. The summed E-state index contributed by atoms with van der Waals surface area (Å²) in [4.78, 5) is 30.6. The molecule has 0 spiro atoms. The number of hydrogen-bond donors (Lipinski definition) is 2. The molecular formula is C27H39NO6S. The van der Waals surface area contributed by atoms with Crippen molar-refractivity contribution in [3.63, 3.8) is 0 Å². The highest BCUT2D eigenvalue weighted by Gasteiger charge is 2.52. The van der Waals surface area contributed by atoms with E-state index in [4.69, 9.17) is 9.47 Å². The van der Waals surface area contributed by atoms with Gasteiger partial charge in [0.2, 0.25) is 0 Å². The molecule has 0 aromatic carbocycles. The van der Waals surface area contributed by atoms with Gasteiger partial charge in [-0.15, -0.1) is 11.3 Å². The monoisotopic (exact) mass is 505 g/mol. The Morgan fingerprint density at radius 3 is 2.54 bits per heavy atom. The molecule has 8 heteroatoms. The van der Waals surface area contributed by atoms with Gasteiger partial charge in [0, 0.05) is 23.6 Å². The Balaban J connectivity index is 1.89. The second kappa shape index (κ2) is 10.6. The lowest BCUT2D eigenvalue weighted by atomic mass is 9.73. The van der Waals surface area contributed by atoms with Crippen LogP contribution in [-0.4, -0.2) is 57.0 Å². The fourth-order valence-corrected chi connectivity index (χ4v) is 5.24. The highest BCUT2D eigenvalue weighted by molar-refractivity contribution is 7.09. The molecule has 2 aliphatic heterocycles. The van der Waals surface area contributed by atoms with Gasteiger partial charge in [-0.25, -0.2) is 4.98 Å². The molecule has 2 aliphatic rings.